The van der Waals surface area contributed by atoms with Gasteiger partial charge in [0.25, 0.3) is 0 Å². The number of rotatable bonds is 4. The van der Waals surface area contributed by atoms with Crippen LogP contribution >= 0.6 is 10.7 Å². The predicted octanol–water partition coefficient (Wildman–Crippen LogP) is 3.25. The summed E-state index contributed by atoms with van der Waals surface area (Å²) < 4.78 is 27.5. The van der Waals surface area contributed by atoms with Gasteiger partial charge in [0, 0.05) is 35.5 Å². The molecule has 1 heterocycles. The Kier molecular flexibility index (Phi) is 6.21. The first-order valence-electron chi connectivity index (χ1n) is 8.27. The maximum Gasteiger partial charge on any atom is 0.407 e. The number of nitrogens with one attached hydrogen (secondary N) is 1. The Morgan fingerprint density at radius 1 is 1.24 bits per heavy atom. The van der Waals surface area contributed by atoms with E-state index in [-0.39, 0.29) is 17.9 Å². The molecule has 1 aromatic carbocycles. The minimum absolute atomic E-state index is 0.103. The average molecular weight is 389 g/mol. The number of carbonyl (C=O) groups excluding carboxylic acids is 1. The van der Waals surface area contributed by atoms with Crippen LogP contribution in [0.3, 0.4) is 0 Å². The highest BCUT2D eigenvalue weighted by Gasteiger charge is 2.23. The second-order valence-corrected chi connectivity index (χ2v) is 10.0. The molecule has 140 valence electrons. The fourth-order valence-electron chi connectivity index (χ4n) is 2.76. The highest BCUT2D eigenvalue weighted by molar-refractivity contribution is 8.13. The van der Waals surface area contributed by atoms with E-state index in [0.717, 1.165) is 31.6 Å². The average Bonchev–Trinajstić information content (AvgIpc) is 2.45. The highest BCUT2D eigenvalue weighted by Crippen LogP contribution is 2.22. The molecule has 1 saturated heterocycles. The summed E-state index contributed by atoms with van der Waals surface area (Å²) in [5.41, 5.74) is 1.20. The number of alkyl carbamates (subject to hydrolysis) is 1. The molecule has 0 spiro atoms. The first kappa shape index (κ1) is 19.8. The fourth-order valence-corrected chi connectivity index (χ4v) is 3.73. The van der Waals surface area contributed by atoms with E-state index in [0.29, 0.717) is 5.56 Å². The lowest BCUT2D eigenvalue weighted by Gasteiger charge is -2.34. The lowest BCUT2D eigenvalue weighted by atomic mass is 10.0. The largest absolute Gasteiger partial charge is 0.444 e. The lowest BCUT2D eigenvalue weighted by molar-refractivity contribution is 0.0497. The number of benzene rings is 1. The summed E-state index contributed by atoms with van der Waals surface area (Å²) in [4.78, 5) is 14.0. The van der Waals surface area contributed by atoms with Crippen molar-refractivity contribution in [1.82, 2.24) is 5.32 Å². The number of hydrogen-bond donors (Lipinski definition) is 1. The van der Waals surface area contributed by atoms with Crippen molar-refractivity contribution in [3.8, 4) is 0 Å². The number of carbonyl (C=O) groups is 1. The van der Waals surface area contributed by atoms with Gasteiger partial charge >= 0.3 is 6.09 Å². The molecule has 0 saturated carbocycles. The van der Waals surface area contributed by atoms with Gasteiger partial charge < -0.3 is 15.0 Å². The van der Waals surface area contributed by atoms with Crippen LogP contribution < -0.4 is 10.2 Å². The summed E-state index contributed by atoms with van der Waals surface area (Å²) in [6.07, 6.45) is 1.28. The van der Waals surface area contributed by atoms with Crippen LogP contribution in [0.25, 0.3) is 0 Å². The Bertz CT molecular complexity index is 690. The summed E-state index contributed by atoms with van der Waals surface area (Å²) in [7, 11) is 1.73. The standard InChI is InChI=1S/C17H25ClN2O4S/c1-17(2,3)24-16(21)19-14-8-10-20(11-9-14)15-6-4-13(5-7-15)12-25(18,22)23/h4-7,14H,8-12H2,1-3H3,(H,19,21). The molecular formula is C17H25ClN2O4S. The van der Waals surface area contributed by atoms with Crippen molar-refractivity contribution in [1.29, 1.82) is 0 Å². The van der Waals surface area contributed by atoms with E-state index in [1.807, 2.05) is 32.9 Å². The van der Waals surface area contributed by atoms with Gasteiger partial charge in [-0.25, -0.2) is 13.2 Å². The third-order valence-electron chi connectivity index (χ3n) is 3.86. The molecule has 1 aliphatic rings. The minimum Gasteiger partial charge on any atom is -0.444 e. The van der Waals surface area contributed by atoms with E-state index in [1.165, 1.54) is 0 Å². The molecule has 6 nitrogen and oxygen atoms in total. The molecule has 2 rings (SSSR count). The molecule has 8 heteroatoms. The van der Waals surface area contributed by atoms with Crippen LogP contribution in [0.1, 0.15) is 39.2 Å². The van der Waals surface area contributed by atoms with Gasteiger partial charge in [-0.2, -0.15) is 0 Å². The Hall–Kier alpha value is -1.47. The summed E-state index contributed by atoms with van der Waals surface area (Å²) >= 11 is 0. The monoisotopic (exact) mass is 388 g/mol. The number of piperidine rings is 1. The van der Waals surface area contributed by atoms with E-state index in [9.17, 15) is 13.2 Å². The SMILES string of the molecule is CC(C)(C)OC(=O)NC1CCN(c2ccc(CS(=O)(=O)Cl)cc2)CC1. The highest BCUT2D eigenvalue weighted by atomic mass is 35.7. The van der Waals surface area contributed by atoms with Crippen LogP contribution in [-0.2, 0) is 19.5 Å². The summed E-state index contributed by atoms with van der Waals surface area (Å²) in [5, 5.41) is 2.91. The third-order valence-corrected chi connectivity index (χ3v) is 4.86. The number of hydrogen-bond acceptors (Lipinski definition) is 5. The Labute approximate surface area is 153 Å². The second kappa shape index (κ2) is 7.83. The van der Waals surface area contributed by atoms with Crippen molar-refractivity contribution in [3.63, 3.8) is 0 Å². The van der Waals surface area contributed by atoms with E-state index in [2.05, 4.69) is 10.2 Å². The maximum atomic E-state index is 11.8. The van der Waals surface area contributed by atoms with Gasteiger partial charge in [0.1, 0.15) is 5.60 Å². The molecule has 1 amide bonds. The molecule has 25 heavy (non-hydrogen) atoms. The van der Waals surface area contributed by atoms with E-state index >= 15 is 0 Å². The van der Waals surface area contributed by atoms with Gasteiger partial charge in [0.15, 0.2) is 0 Å². The number of ether oxygens (including phenoxy) is 1. The first-order valence-corrected chi connectivity index (χ1v) is 10.8. The predicted molar refractivity (Wildman–Crippen MR) is 99.5 cm³/mol. The topological polar surface area (TPSA) is 75.7 Å². The molecule has 0 aliphatic carbocycles. The quantitative estimate of drug-likeness (QED) is 0.801. The van der Waals surface area contributed by atoms with Crippen molar-refractivity contribution in [2.24, 2.45) is 0 Å². The molecule has 0 bridgehead atoms. The summed E-state index contributed by atoms with van der Waals surface area (Å²) in [6, 6.07) is 7.46. The first-order chi connectivity index (χ1) is 11.5. The van der Waals surface area contributed by atoms with Crippen LogP contribution in [0.15, 0.2) is 24.3 Å². The summed E-state index contributed by atoms with van der Waals surface area (Å²) in [6.45, 7) is 7.15. The molecule has 0 unspecified atom stereocenters. The zero-order valence-electron chi connectivity index (χ0n) is 14.8. The molecular weight excluding hydrogens is 364 g/mol. The smallest absolute Gasteiger partial charge is 0.407 e. The van der Waals surface area contributed by atoms with Gasteiger partial charge in [0.05, 0.1) is 5.75 Å². The molecule has 0 aromatic heterocycles. The lowest BCUT2D eigenvalue weighted by Crippen LogP contribution is -2.46. The Morgan fingerprint density at radius 2 is 1.80 bits per heavy atom. The molecule has 1 aliphatic heterocycles. The number of halogens is 1. The zero-order valence-corrected chi connectivity index (χ0v) is 16.4. The van der Waals surface area contributed by atoms with Crippen molar-refractivity contribution >= 4 is 31.5 Å². The molecule has 1 N–H and O–H groups in total. The minimum atomic E-state index is -3.54. The van der Waals surface area contributed by atoms with Crippen LogP contribution in [-0.4, -0.2) is 39.2 Å². The Morgan fingerprint density at radius 3 is 2.28 bits per heavy atom. The fraction of sp³-hybridized carbons (Fsp3) is 0.588. The number of amides is 1. The van der Waals surface area contributed by atoms with Crippen molar-refractivity contribution in [2.75, 3.05) is 18.0 Å². The molecule has 0 atom stereocenters. The molecule has 1 aromatic rings. The van der Waals surface area contributed by atoms with Gasteiger partial charge in [-0.3, -0.25) is 0 Å². The van der Waals surface area contributed by atoms with Gasteiger partial charge in [-0.05, 0) is 51.3 Å². The normalized spacial score (nSPS) is 16.6. The van der Waals surface area contributed by atoms with Crippen LogP contribution in [0.5, 0.6) is 0 Å². The Balaban J connectivity index is 1.84. The maximum absolute atomic E-state index is 11.8. The van der Waals surface area contributed by atoms with E-state index in [4.69, 9.17) is 15.4 Å². The van der Waals surface area contributed by atoms with Crippen molar-refractivity contribution < 1.29 is 17.9 Å². The molecule has 0 radical (unpaired) electrons. The van der Waals surface area contributed by atoms with Crippen LogP contribution in [0, 0.1) is 0 Å². The zero-order chi connectivity index (χ0) is 18.7. The van der Waals surface area contributed by atoms with E-state index < -0.39 is 14.7 Å². The molecule has 1 fully saturated rings. The van der Waals surface area contributed by atoms with Crippen LogP contribution in [0.2, 0.25) is 0 Å². The van der Waals surface area contributed by atoms with Gasteiger partial charge in [0.2, 0.25) is 9.05 Å². The number of anilines is 1. The second-order valence-electron chi connectivity index (χ2n) is 7.26. The van der Waals surface area contributed by atoms with Crippen LogP contribution in [0.4, 0.5) is 10.5 Å². The van der Waals surface area contributed by atoms with Gasteiger partial charge in [-0.15, -0.1) is 0 Å². The van der Waals surface area contributed by atoms with E-state index in [1.54, 1.807) is 12.1 Å². The number of nitrogens with zero attached hydrogens (tertiary/aromatic N) is 1. The third kappa shape index (κ3) is 7.12. The van der Waals surface area contributed by atoms with Crippen molar-refractivity contribution in [3.05, 3.63) is 29.8 Å². The van der Waals surface area contributed by atoms with Crippen molar-refractivity contribution in [2.45, 2.75) is 51.0 Å². The summed E-state index contributed by atoms with van der Waals surface area (Å²) in [5.74, 6) is -0.170. The van der Waals surface area contributed by atoms with Gasteiger partial charge in [-0.1, -0.05) is 12.1 Å².